The summed E-state index contributed by atoms with van der Waals surface area (Å²) in [4.78, 5) is 24.2. The van der Waals surface area contributed by atoms with Gasteiger partial charge in [0.05, 0.1) is 11.4 Å². The summed E-state index contributed by atoms with van der Waals surface area (Å²) in [5, 5.41) is 2.66. The smallest absolute Gasteiger partial charge is 0.349 e. The molecular weight excluding hydrogens is 326 g/mol. The van der Waals surface area contributed by atoms with Gasteiger partial charge in [0.2, 0.25) is 0 Å². The third-order valence-electron chi connectivity index (χ3n) is 2.76. The van der Waals surface area contributed by atoms with E-state index in [1.807, 2.05) is 0 Å². The average Bonchev–Trinajstić information content (AvgIpc) is 2.94. The Hall–Kier alpha value is -2.05. The van der Waals surface area contributed by atoms with Crippen molar-refractivity contribution in [1.82, 2.24) is 0 Å². The maximum Gasteiger partial charge on any atom is 0.349 e. The van der Waals surface area contributed by atoms with E-state index in [4.69, 9.17) is 21.1 Å². The highest BCUT2D eigenvalue weighted by Gasteiger charge is 2.20. The van der Waals surface area contributed by atoms with Gasteiger partial charge in [-0.1, -0.05) is 17.7 Å². The van der Waals surface area contributed by atoms with E-state index in [9.17, 15) is 9.59 Å². The minimum atomic E-state index is -0.931. The molecule has 2 rings (SSSR count). The summed E-state index contributed by atoms with van der Waals surface area (Å²) < 4.78 is 10.7. The number of esters is 1. The van der Waals surface area contributed by atoms with Gasteiger partial charge >= 0.3 is 5.97 Å². The maximum atomic E-state index is 12.0. The number of hydrogen-bond acceptors (Lipinski definition) is 5. The lowest BCUT2D eigenvalue weighted by Crippen LogP contribution is -2.29. The third kappa shape index (κ3) is 4.22. The molecule has 1 aromatic heterocycles. The molecule has 22 heavy (non-hydrogen) atoms. The normalized spacial score (nSPS) is 11.6. The largest absolute Gasteiger partial charge is 0.497 e. The van der Waals surface area contributed by atoms with Gasteiger partial charge in [0.1, 0.15) is 10.6 Å². The SMILES string of the molecule is COc1cccc(NC(=O)[C@@H](C)OC(=O)c2ccc(Cl)s2)c1. The summed E-state index contributed by atoms with van der Waals surface area (Å²) in [7, 11) is 1.54. The molecule has 0 saturated heterocycles. The number of halogens is 1. The van der Waals surface area contributed by atoms with Crippen LogP contribution in [0.5, 0.6) is 5.75 Å². The van der Waals surface area contributed by atoms with Crippen LogP contribution in [-0.4, -0.2) is 25.1 Å². The molecule has 0 bridgehead atoms. The van der Waals surface area contributed by atoms with E-state index in [1.165, 1.54) is 14.0 Å². The van der Waals surface area contributed by atoms with Gasteiger partial charge in [-0.3, -0.25) is 4.79 Å². The number of thiophene rings is 1. The number of hydrogen-bond donors (Lipinski definition) is 1. The van der Waals surface area contributed by atoms with Crippen molar-refractivity contribution in [1.29, 1.82) is 0 Å². The van der Waals surface area contributed by atoms with Gasteiger partial charge in [0.25, 0.3) is 5.91 Å². The topological polar surface area (TPSA) is 64.6 Å². The number of amides is 1. The number of ether oxygens (including phenoxy) is 2. The number of carbonyl (C=O) groups is 2. The molecule has 0 aliphatic carbocycles. The fraction of sp³-hybridized carbons (Fsp3) is 0.200. The minimum Gasteiger partial charge on any atom is -0.497 e. The highest BCUT2D eigenvalue weighted by atomic mass is 35.5. The van der Waals surface area contributed by atoms with E-state index in [2.05, 4.69) is 5.32 Å². The zero-order chi connectivity index (χ0) is 16.1. The second-order valence-electron chi connectivity index (χ2n) is 4.37. The Kier molecular flexibility index (Phi) is 5.41. The Bertz CT molecular complexity index is 686. The lowest BCUT2D eigenvalue weighted by atomic mass is 10.3. The fourth-order valence-electron chi connectivity index (χ4n) is 1.64. The van der Waals surface area contributed by atoms with Crippen molar-refractivity contribution in [3.8, 4) is 5.75 Å². The van der Waals surface area contributed by atoms with Gasteiger partial charge in [-0.25, -0.2) is 4.79 Å². The highest BCUT2D eigenvalue weighted by Crippen LogP contribution is 2.22. The van der Waals surface area contributed by atoms with Crippen LogP contribution in [0.15, 0.2) is 36.4 Å². The number of benzene rings is 1. The first-order valence-electron chi connectivity index (χ1n) is 6.41. The Morgan fingerprint density at radius 2 is 2.05 bits per heavy atom. The molecule has 0 radical (unpaired) electrons. The van der Waals surface area contributed by atoms with Crippen LogP contribution in [-0.2, 0) is 9.53 Å². The zero-order valence-corrected chi connectivity index (χ0v) is 13.5. The molecule has 0 spiro atoms. The van der Waals surface area contributed by atoms with Gasteiger partial charge in [0.15, 0.2) is 6.10 Å². The monoisotopic (exact) mass is 339 g/mol. The van der Waals surface area contributed by atoms with Crippen LogP contribution in [0, 0.1) is 0 Å². The first kappa shape index (κ1) is 16.3. The lowest BCUT2D eigenvalue weighted by Gasteiger charge is -2.13. The van der Waals surface area contributed by atoms with Gasteiger partial charge in [0, 0.05) is 11.8 Å². The molecule has 0 unspecified atom stereocenters. The second kappa shape index (κ2) is 7.29. The van der Waals surface area contributed by atoms with E-state index in [-0.39, 0.29) is 0 Å². The molecule has 0 fully saturated rings. The first-order valence-corrected chi connectivity index (χ1v) is 7.60. The molecule has 116 valence electrons. The number of rotatable bonds is 5. The summed E-state index contributed by atoms with van der Waals surface area (Å²) in [5.41, 5.74) is 0.561. The molecule has 1 aromatic carbocycles. The molecule has 2 aromatic rings. The van der Waals surface area contributed by atoms with E-state index in [1.54, 1.807) is 36.4 Å². The van der Waals surface area contributed by atoms with Gasteiger partial charge in [-0.2, -0.15) is 0 Å². The minimum absolute atomic E-state index is 0.353. The maximum absolute atomic E-state index is 12.0. The van der Waals surface area contributed by atoms with Crippen LogP contribution in [0.25, 0.3) is 0 Å². The first-order chi connectivity index (χ1) is 10.5. The average molecular weight is 340 g/mol. The van der Waals surface area contributed by atoms with Crippen molar-refractivity contribution in [2.45, 2.75) is 13.0 Å². The Balaban J connectivity index is 1.95. The second-order valence-corrected chi connectivity index (χ2v) is 6.09. The Labute approximate surface area is 136 Å². The molecule has 1 heterocycles. The van der Waals surface area contributed by atoms with Gasteiger partial charge in [-0.05, 0) is 31.2 Å². The van der Waals surface area contributed by atoms with E-state index < -0.39 is 18.0 Å². The van der Waals surface area contributed by atoms with E-state index >= 15 is 0 Å². The van der Waals surface area contributed by atoms with Crippen LogP contribution < -0.4 is 10.1 Å². The summed E-state index contributed by atoms with van der Waals surface area (Å²) in [6, 6.07) is 10.1. The van der Waals surface area contributed by atoms with E-state index in [0.29, 0.717) is 20.7 Å². The molecule has 7 heteroatoms. The highest BCUT2D eigenvalue weighted by molar-refractivity contribution is 7.17. The van der Waals surface area contributed by atoms with Crippen molar-refractivity contribution in [2.75, 3.05) is 12.4 Å². The van der Waals surface area contributed by atoms with Gasteiger partial charge < -0.3 is 14.8 Å². The van der Waals surface area contributed by atoms with Crippen molar-refractivity contribution in [3.05, 3.63) is 45.6 Å². The van der Waals surface area contributed by atoms with Crippen molar-refractivity contribution >= 4 is 40.5 Å². The molecule has 0 saturated carbocycles. The molecule has 0 aliphatic rings. The summed E-state index contributed by atoms with van der Waals surface area (Å²) >= 11 is 6.86. The third-order valence-corrected chi connectivity index (χ3v) is 3.98. The van der Waals surface area contributed by atoms with Gasteiger partial charge in [-0.15, -0.1) is 11.3 Å². The number of carbonyl (C=O) groups excluding carboxylic acids is 2. The number of methoxy groups -OCH3 is 1. The van der Waals surface area contributed by atoms with Crippen LogP contribution >= 0.6 is 22.9 Å². The predicted molar refractivity (Wildman–Crippen MR) is 85.8 cm³/mol. The van der Waals surface area contributed by atoms with Crippen LogP contribution in [0.2, 0.25) is 4.34 Å². The Morgan fingerprint density at radius 1 is 1.27 bits per heavy atom. The zero-order valence-electron chi connectivity index (χ0n) is 12.0. The molecular formula is C15H14ClNO4S. The quantitative estimate of drug-likeness (QED) is 0.845. The molecule has 5 nitrogen and oxygen atoms in total. The standard InChI is InChI=1S/C15H14ClNO4S/c1-9(21-15(19)12-6-7-13(16)22-12)14(18)17-10-4-3-5-11(8-10)20-2/h3-9H,1-2H3,(H,17,18)/t9-/m1/s1. The predicted octanol–water partition coefficient (Wildman–Crippen LogP) is 3.59. The molecule has 1 N–H and O–H groups in total. The Morgan fingerprint density at radius 3 is 2.68 bits per heavy atom. The summed E-state index contributed by atoms with van der Waals surface area (Å²) in [5.74, 6) is -0.384. The number of nitrogens with one attached hydrogen (secondary N) is 1. The van der Waals surface area contributed by atoms with Crippen LogP contribution in [0.4, 0.5) is 5.69 Å². The molecule has 1 amide bonds. The molecule has 1 atom stereocenters. The fourth-order valence-corrected chi connectivity index (χ4v) is 2.57. The van der Waals surface area contributed by atoms with Crippen LogP contribution in [0.1, 0.15) is 16.6 Å². The summed E-state index contributed by atoms with van der Waals surface area (Å²) in [6.07, 6.45) is -0.931. The van der Waals surface area contributed by atoms with Crippen molar-refractivity contribution in [3.63, 3.8) is 0 Å². The van der Waals surface area contributed by atoms with Crippen molar-refractivity contribution < 1.29 is 19.1 Å². The van der Waals surface area contributed by atoms with Crippen LogP contribution in [0.3, 0.4) is 0 Å². The summed E-state index contributed by atoms with van der Waals surface area (Å²) in [6.45, 7) is 1.50. The number of anilines is 1. The van der Waals surface area contributed by atoms with E-state index in [0.717, 1.165) is 11.3 Å². The lowest BCUT2D eigenvalue weighted by molar-refractivity contribution is -0.123. The van der Waals surface area contributed by atoms with Crippen molar-refractivity contribution in [2.24, 2.45) is 0 Å². The molecule has 0 aliphatic heterocycles.